The third-order valence-corrected chi connectivity index (χ3v) is 2.38. The Hall–Kier alpha value is -2.18. The van der Waals surface area contributed by atoms with E-state index >= 15 is 0 Å². The van der Waals surface area contributed by atoms with Crippen molar-refractivity contribution in [3.63, 3.8) is 0 Å². The van der Waals surface area contributed by atoms with E-state index in [0.717, 1.165) is 24.5 Å². The van der Waals surface area contributed by atoms with Gasteiger partial charge in [0.2, 0.25) is 5.95 Å². The predicted octanol–water partition coefficient (Wildman–Crippen LogP) is 3.25. The molecule has 0 atom stereocenters. The van der Waals surface area contributed by atoms with Gasteiger partial charge in [0.25, 0.3) is 0 Å². The first-order valence-corrected chi connectivity index (χ1v) is 5.33. The van der Waals surface area contributed by atoms with Gasteiger partial charge in [-0.1, -0.05) is 6.07 Å². The second kappa shape index (κ2) is 5.21. The molecule has 0 aliphatic heterocycles. The molecule has 0 aliphatic rings. The van der Waals surface area contributed by atoms with E-state index in [1.54, 1.807) is 0 Å². The monoisotopic (exact) mass is 271 g/mol. The summed E-state index contributed by atoms with van der Waals surface area (Å²) in [6, 6.07) is 4.93. The predicted molar refractivity (Wildman–Crippen MR) is 60.8 cm³/mol. The Kier molecular flexibility index (Phi) is 3.64. The molecule has 0 fully saturated rings. The maximum absolute atomic E-state index is 12.8. The summed E-state index contributed by atoms with van der Waals surface area (Å²) in [6.45, 7) is -0.140. The number of nitrogens with zero attached hydrogens (tertiary/aromatic N) is 2. The van der Waals surface area contributed by atoms with Crippen molar-refractivity contribution in [3.05, 3.63) is 53.7 Å². The lowest BCUT2D eigenvalue weighted by molar-refractivity contribution is -0.138. The van der Waals surface area contributed by atoms with E-state index in [2.05, 4.69) is 15.3 Å². The van der Waals surface area contributed by atoms with Crippen molar-refractivity contribution in [1.29, 1.82) is 0 Å². The average molecular weight is 271 g/mol. The van der Waals surface area contributed by atoms with Crippen LogP contribution < -0.4 is 5.32 Å². The molecule has 0 amide bonds. The van der Waals surface area contributed by atoms with E-state index in [1.165, 1.54) is 12.1 Å². The van der Waals surface area contributed by atoms with Crippen molar-refractivity contribution < 1.29 is 17.6 Å². The number of alkyl halides is 3. The maximum Gasteiger partial charge on any atom is 0.416 e. The van der Waals surface area contributed by atoms with Gasteiger partial charge in [-0.2, -0.15) is 17.6 Å². The van der Waals surface area contributed by atoms with E-state index in [1.807, 2.05) is 0 Å². The number of nitrogens with one attached hydrogen (secondary N) is 1. The summed E-state index contributed by atoms with van der Waals surface area (Å²) in [4.78, 5) is 7.15. The lowest BCUT2D eigenvalue weighted by Gasteiger charge is -2.12. The normalized spacial score (nSPS) is 11.4. The highest BCUT2D eigenvalue weighted by Crippen LogP contribution is 2.31. The molecule has 0 saturated carbocycles. The van der Waals surface area contributed by atoms with Gasteiger partial charge in [0, 0.05) is 24.5 Å². The summed E-state index contributed by atoms with van der Waals surface area (Å²) in [5.41, 5.74) is -0.799. The lowest BCUT2D eigenvalue weighted by atomic mass is 10.1. The fraction of sp³-hybridized carbons (Fsp3) is 0.167. The zero-order valence-electron chi connectivity index (χ0n) is 9.58. The molecule has 3 nitrogen and oxygen atoms in total. The second-order valence-electron chi connectivity index (χ2n) is 3.73. The highest BCUT2D eigenvalue weighted by atomic mass is 19.4. The van der Waals surface area contributed by atoms with Crippen LogP contribution in [0.15, 0.2) is 36.7 Å². The van der Waals surface area contributed by atoms with Gasteiger partial charge >= 0.3 is 6.18 Å². The number of hydrogen-bond donors (Lipinski definition) is 1. The first-order chi connectivity index (χ1) is 8.97. The molecule has 2 heterocycles. The molecule has 0 aromatic carbocycles. The van der Waals surface area contributed by atoms with Crippen LogP contribution in [0.25, 0.3) is 0 Å². The van der Waals surface area contributed by atoms with Gasteiger partial charge < -0.3 is 5.32 Å². The highest BCUT2D eigenvalue weighted by Gasteiger charge is 2.33. The Morgan fingerprint density at radius 2 is 1.95 bits per heavy atom. The number of hydrogen-bond acceptors (Lipinski definition) is 3. The standard InChI is InChI=1S/C12H9F4N3/c13-10-2-1-3-11(19-10)18-7-8-6-17-5-4-9(8)12(14,15)16/h1-6H,7H2,(H,18,19). The van der Waals surface area contributed by atoms with Crippen molar-refractivity contribution in [2.45, 2.75) is 12.7 Å². The molecule has 0 unspecified atom stereocenters. The summed E-state index contributed by atoms with van der Waals surface area (Å²) >= 11 is 0. The van der Waals surface area contributed by atoms with Crippen LogP contribution >= 0.6 is 0 Å². The summed E-state index contributed by atoms with van der Waals surface area (Å²) in [5.74, 6) is -0.538. The molecular formula is C12H9F4N3. The van der Waals surface area contributed by atoms with Gasteiger partial charge in [0.15, 0.2) is 0 Å². The average Bonchev–Trinajstić information content (AvgIpc) is 2.36. The SMILES string of the molecule is Fc1cccc(NCc2cnccc2C(F)(F)F)n1. The quantitative estimate of drug-likeness (QED) is 0.688. The van der Waals surface area contributed by atoms with Crippen molar-refractivity contribution >= 4 is 5.82 Å². The van der Waals surface area contributed by atoms with E-state index in [-0.39, 0.29) is 17.9 Å². The zero-order chi connectivity index (χ0) is 13.9. The molecule has 0 radical (unpaired) electrons. The Morgan fingerprint density at radius 3 is 2.63 bits per heavy atom. The maximum atomic E-state index is 12.8. The van der Waals surface area contributed by atoms with E-state index < -0.39 is 17.7 Å². The first-order valence-electron chi connectivity index (χ1n) is 5.33. The molecule has 0 saturated heterocycles. The van der Waals surface area contributed by atoms with Gasteiger partial charge in [-0.3, -0.25) is 4.98 Å². The van der Waals surface area contributed by atoms with Crippen LogP contribution in [0.2, 0.25) is 0 Å². The van der Waals surface area contributed by atoms with Crippen molar-refractivity contribution in [2.24, 2.45) is 0 Å². The minimum Gasteiger partial charge on any atom is -0.366 e. The molecule has 100 valence electrons. The van der Waals surface area contributed by atoms with Crippen molar-refractivity contribution in [1.82, 2.24) is 9.97 Å². The van der Waals surface area contributed by atoms with Crippen LogP contribution in [-0.4, -0.2) is 9.97 Å². The second-order valence-corrected chi connectivity index (χ2v) is 3.73. The lowest BCUT2D eigenvalue weighted by Crippen LogP contribution is -2.12. The molecule has 1 N–H and O–H groups in total. The summed E-state index contributed by atoms with van der Waals surface area (Å²) < 4.78 is 50.9. The van der Waals surface area contributed by atoms with Crippen LogP contribution in [0, 0.1) is 5.95 Å². The van der Waals surface area contributed by atoms with Crippen LogP contribution in [-0.2, 0) is 12.7 Å². The number of aromatic nitrogens is 2. The Balaban J connectivity index is 2.16. The number of pyridine rings is 2. The molecular weight excluding hydrogens is 262 g/mol. The largest absolute Gasteiger partial charge is 0.416 e. The minimum absolute atomic E-state index is 0.0268. The van der Waals surface area contributed by atoms with E-state index in [0.29, 0.717) is 0 Å². The van der Waals surface area contributed by atoms with Crippen LogP contribution in [0.4, 0.5) is 23.4 Å². The first kappa shape index (κ1) is 13.3. The van der Waals surface area contributed by atoms with Gasteiger partial charge in [-0.25, -0.2) is 4.98 Å². The Labute approximate surface area is 106 Å². The summed E-state index contributed by atoms with van der Waals surface area (Å²) in [5, 5.41) is 2.62. The van der Waals surface area contributed by atoms with Gasteiger partial charge in [-0.15, -0.1) is 0 Å². The smallest absolute Gasteiger partial charge is 0.366 e. The van der Waals surface area contributed by atoms with Gasteiger partial charge in [-0.05, 0) is 18.2 Å². The molecule has 0 spiro atoms. The molecule has 2 aromatic rings. The summed E-state index contributed by atoms with van der Waals surface area (Å²) in [7, 11) is 0. The number of rotatable bonds is 3. The van der Waals surface area contributed by atoms with E-state index in [9.17, 15) is 17.6 Å². The molecule has 7 heteroatoms. The van der Waals surface area contributed by atoms with Crippen molar-refractivity contribution in [3.8, 4) is 0 Å². The molecule has 0 aliphatic carbocycles. The fourth-order valence-corrected chi connectivity index (χ4v) is 1.54. The number of anilines is 1. The van der Waals surface area contributed by atoms with Crippen LogP contribution in [0.3, 0.4) is 0 Å². The summed E-state index contributed by atoms with van der Waals surface area (Å²) in [6.07, 6.45) is -2.25. The molecule has 0 bridgehead atoms. The van der Waals surface area contributed by atoms with Crippen molar-refractivity contribution in [2.75, 3.05) is 5.32 Å². The fourth-order valence-electron chi connectivity index (χ4n) is 1.54. The topological polar surface area (TPSA) is 37.8 Å². The molecule has 2 aromatic heterocycles. The Morgan fingerprint density at radius 1 is 1.16 bits per heavy atom. The number of halogens is 4. The highest BCUT2D eigenvalue weighted by molar-refractivity contribution is 5.36. The molecule has 19 heavy (non-hydrogen) atoms. The van der Waals surface area contributed by atoms with Gasteiger partial charge in [0.1, 0.15) is 5.82 Å². The van der Waals surface area contributed by atoms with E-state index in [4.69, 9.17) is 0 Å². The van der Waals surface area contributed by atoms with Gasteiger partial charge in [0.05, 0.1) is 5.56 Å². The molecule has 2 rings (SSSR count). The third kappa shape index (κ3) is 3.40. The minimum atomic E-state index is -4.45. The zero-order valence-corrected chi connectivity index (χ0v) is 9.58. The van der Waals surface area contributed by atoms with Crippen LogP contribution in [0.1, 0.15) is 11.1 Å². The third-order valence-electron chi connectivity index (χ3n) is 2.38. The van der Waals surface area contributed by atoms with Crippen LogP contribution in [0.5, 0.6) is 0 Å². The Bertz CT molecular complexity index is 569.